The van der Waals surface area contributed by atoms with Crippen LogP contribution in [0.15, 0.2) is 36.4 Å². The lowest BCUT2D eigenvalue weighted by molar-refractivity contribution is -0.141. The first-order valence-electron chi connectivity index (χ1n) is 9.42. The Bertz CT molecular complexity index is 738. The standard InChI is InChI=1S/C21H26F4N2O.H2S/c1-15-6-8-16(9-7-15)18-12-17(13-20(27-18)21(23,24)25)19(28)14-26-11-5-3-2-4-10-22;/h6-9,12-13,19,26,28H,2-5,10-11,14H2,1H3;1H2/t19-;/m1./s1. The predicted molar refractivity (Wildman–Crippen MR) is 112 cm³/mol. The zero-order valence-electron chi connectivity index (χ0n) is 16.4. The van der Waals surface area contributed by atoms with Crippen LogP contribution in [-0.4, -0.2) is 29.9 Å². The Morgan fingerprint density at radius 1 is 1.03 bits per heavy atom. The molecule has 1 aromatic heterocycles. The van der Waals surface area contributed by atoms with Crippen LogP contribution in [0.1, 0.15) is 48.6 Å². The first-order valence-corrected chi connectivity index (χ1v) is 9.42. The second-order valence-electron chi connectivity index (χ2n) is 6.86. The topological polar surface area (TPSA) is 45.1 Å². The summed E-state index contributed by atoms with van der Waals surface area (Å²) in [4.78, 5) is 3.74. The van der Waals surface area contributed by atoms with Crippen molar-refractivity contribution in [3.63, 3.8) is 0 Å². The number of unbranched alkanes of at least 4 members (excludes halogenated alkanes) is 3. The van der Waals surface area contributed by atoms with E-state index in [0.717, 1.165) is 30.9 Å². The molecule has 0 aliphatic rings. The van der Waals surface area contributed by atoms with Gasteiger partial charge in [-0.2, -0.15) is 26.7 Å². The number of pyridine rings is 1. The van der Waals surface area contributed by atoms with Crippen LogP contribution in [0.5, 0.6) is 0 Å². The Balaban J connectivity index is 0.00000420. The van der Waals surface area contributed by atoms with Gasteiger partial charge in [-0.25, -0.2) is 4.98 Å². The summed E-state index contributed by atoms with van der Waals surface area (Å²) in [6.07, 6.45) is -2.64. The first-order chi connectivity index (χ1) is 13.3. The quantitative estimate of drug-likeness (QED) is 0.393. The van der Waals surface area contributed by atoms with Gasteiger partial charge in [-0.1, -0.05) is 42.7 Å². The summed E-state index contributed by atoms with van der Waals surface area (Å²) >= 11 is 0. The van der Waals surface area contributed by atoms with Crippen molar-refractivity contribution < 1.29 is 22.7 Å². The zero-order chi connectivity index (χ0) is 20.6. The van der Waals surface area contributed by atoms with Gasteiger partial charge in [-0.05, 0) is 44.0 Å². The predicted octanol–water partition coefficient (Wildman–Crippen LogP) is 5.34. The van der Waals surface area contributed by atoms with Crippen molar-refractivity contribution in [2.45, 2.75) is 44.9 Å². The minimum absolute atomic E-state index is 0. The van der Waals surface area contributed by atoms with Crippen LogP contribution in [0, 0.1) is 6.92 Å². The van der Waals surface area contributed by atoms with E-state index in [9.17, 15) is 22.7 Å². The van der Waals surface area contributed by atoms with Crippen molar-refractivity contribution in [2.24, 2.45) is 0 Å². The minimum Gasteiger partial charge on any atom is -0.387 e. The fourth-order valence-electron chi connectivity index (χ4n) is 2.82. The number of halogens is 4. The first kappa shape index (κ1) is 25.4. The summed E-state index contributed by atoms with van der Waals surface area (Å²) in [5, 5.41) is 13.4. The van der Waals surface area contributed by atoms with Gasteiger partial charge in [0.25, 0.3) is 0 Å². The van der Waals surface area contributed by atoms with Crippen LogP contribution in [-0.2, 0) is 6.18 Å². The van der Waals surface area contributed by atoms with Crippen molar-refractivity contribution >= 4 is 13.5 Å². The smallest absolute Gasteiger partial charge is 0.387 e. The van der Waals surface area contributed by atoms with Crippen molar-refractivity contribution in [2.75, 3.05) is 19.8 Å². The molecule has 0 bridgehead atoms. The van der Waals surface area contributed by atoms with Gasteiger partial charge in [0.05, 0.1) is 18.5 Å². The van der Waals surface area contributed by atoms with Gasteiger partial charge < -0.3 is 10.4 Å². The third kappa shape index (κ3) is 8.32. The summed E-state index contributed by atoms with van der Waals surface area (Å²) in [5.41, 5.74) is 0.876. The van der Waals surface area contributed by atoms with E-state index in [2.05, 4.69) is 10.3 Å². The highest BCUT2D eigenvalue weighted by molar-refractivity contribution is 7.59. The molecule has 0 fully saturated rings. The number of hydrogen-bond donors (Lipinski definition) is 2. The van der Waals surface area contributed by atoms with Crippen molar-refractivity contribution in [3.8, 4) is 11.3 Å². The average Bonchev–Trinajstić information content (AvgIpc) is 2.66. The van der Waals surface area contributed by atoms with Gasteiger partial charge in [-0.15, -0.1) is 0 Å². The lowest BCUT2D eigenvalue weighted by Gasteiger charge is -2.16. The van der Waals surface area contributed by atoms with Crippen molar-refractivity contribution in [1.82, 2.24) is 10.3 Å². The summed E-state index contributed by atoms with van der Waals surface area (Å²) in [7, 11) is 0. The van der Waals surface area contributed by atoms with Gasteiger partial charge in [0, 0.05) is 12.1 Å². The Hall–Kier alpha value is -1.64. The Morgan fingerprint density at radius 2 is 1.69 bits per heavy atom. The molecule has 0 saturated carbocycles. The molecule has 1 atom stereocenters. The minimum atomic E-state index is -4.60. The molecule has 8 heteroatoms. The average molecular weight is 433 g/mol. The molecule has 0 aliphatic carbocycles. The SMILES string of the molecule is Cc1ccc(-c2cc([C@H](O)CNCCCCCCF)cc(C(F)(F)F)n2)cc1.S. The fourth-order valence-corrected chi connectivity index (χ4v) is 2.82. The maximum Gasteiger partial charge on any atom is 0.433 e. The third-order valence-electron chi connectivity index (χ3n) is 4.45. The molecular formula is C21H28F4N2OS. The molecule has 2 aromatic rings. The van der Waals surface area contributed by atoms with Crippen LogP contribution >= 0.6 is 13.5 Å². The summed E-state index contributed by atoms with van der Waals surface area (Å²) in [6.45, 7) is 2.32. The molecule has 29 heavy (non-hydrogen) atoms. The van der Waals surface area contributed by atoms with E-state index < -0.39 is 18.0 Å². The zero-order valence-corrected chi connectivity index (χ0v) is 17.4. The van der Waals surface area contributed by atoms with Crippen LogP contribution < -0.4 is 5.32 Å². The number of aliphatic hydroxyl groups excluding tert-OH is 1. The van der Waals surface area contributed by atoms with E-state index in [1.54, 1.807) is 24.3 Å². The molecule has 1 aromatic carbocycles. The Kier molecular flexibility index (Phi) is 10.6. The van der Waals surface area contributed by atoms with E-state index >= 15 is 0 Å². The molecule has 1 heterocycles. The molecule has 162 valence electrons. The van der Waals surface area contributed by atoms with E-state index in [-0.39, 0.29) is 38.0 Å². The molecule has 0 unspecified atom stereocenters. The maximum atomic E-state index is 13.3. The van der Waals surface area contributed by atoms with Crippen LogP contribution in [0.2, 0.25) is 0 Å². The Labute approximate surface area is 176 Å². The largest absolute Gasteiger partial charge is 0.433 e. The highest BCUT2D eigenvalue weighted by Gasteiger charge is 2.33. The van der Waals surface area contributed by atoms with Gasteiger partial charge in [0.1, 0.15) is 5.69 Å². The maximum absolute atomic E-state index is 13.3. The van der Waals surface area contributed by atoms with E-state index in [1.807, 2.05) is 6.92 Å². The second-order valence-corrected chi connectivity index (χ2v) is 6.86. The lowest BCUT2D eigenvalue weighted by Crippen LogP contribution is -2.23. The number of benzene rings is 1. The molecule has 2 rings (SSSR count). The van der Waals surface area contributed by atoms with Crippen molar-refractivity contribution in [1.29, 1.82) is 0 Å². The number of nitrogens with one attached hydrogen (secondary N) is 1. The third-order valence-corrected chi connectivity index (χ3v) is 4.45. The number of aromatic nitrogens is 1. The van der Waals surface area contributed by atoms with Crippen LogP contribution in [0.25, 0.3) is 11.3 Å². The van der Waals surface area contributed by atoms with E-state index in [4.69, 9.17) is 0 Å². The normalized spacial score (nSPS) is 12.5. The van der Waals surface area contributed by atoms with Gasteiger partial charge in [-0.3, -0.25) is 4.39 Å². The van der Waals surface area contributed by atoms with Gasteiger partial charge in [0.2, 0.25) is 0 Å². The van der Waals surface area contributed by atoms with E-state index in [1.165, 1.54) is 6.07 Å². The van der Waals surface area contributed by atoms with Crippen molar-refractivity contribution in [3.05, 3.63) is 53.2 Å². The van der Waals surface area contributed by atoms with E-state index in [0.29, 0.717) is 18.5 Å². The number of hydrogen-bond acceptors (Lipinski definition) is 3. The highest BCUT2D eigenvalue weighted by Crippen LogP contribution is 2.32. The number of rotatable bonds is 10. The molecule has 3 nitrogen and oxygen atoms in total. The number of aliphatic hydroxyl groups is 1. The fraction of sp³-hybridized carbons (Fsp3) is 0.476. The molecule has 2 N–H and O–H groups in total. The van der Waals surface area contributed by atoms with Crippen LogP contribution in [0.4, 0.5) is 17.6 Å². The monoisotopic (exact) mass is 432 g/mol. The molecular weight excluding hydrogens is 404 g/mol. The second kappa shape index (κ2) is 12.1. The summed E-state index contributed by atoms with van der Waals surface area (Å²) < 4.78 is 51.8. The molecule has 0 amide bonds. The van der Waals surface area contributed by atoms with Gasteiger partial charge >= 0.3 is 6.18 Å². The molecule has 0 radical (unpaired) electrons. The summed E-state index contributed by atoms with van der Waals surface area (Å²) in [5.74, 6) is 0. The number of nitrogens with zero attached hydrogens (tertiary/aromatic N) is 1. The number of aryl methyl sites for hydroxylation is 1. The van der Waals surface area contributed by atoms with Crippen LogP contribution in [0.3, 0.4) is 0 Å². The molecule has 0 aliphatic heterocycles. The highest BCUT2D eigenvalue weighted by atomic mass is 32.1. The lowest BCUT2D eigenvalue weighted by atomic mass is 10.0. The summed E-state index contributed by atoms with van der Waals surface area (Å²) in [6, 6.07) is 9.42. The Morgan fingerprint density at radius 3 is 2.31 bits per heavy atom. The molecule has 0 spiro atoms. The number of alkyl halides is 4. The molecule has 0 saturated heterocycles. The van der Waals surface area contributed by atoms with Gasteiger partial charge in [0.15, 0.2) is 0 Å².